The SMILES string of the molecule is CCOC(=O)/C(O)=C(\N=Nc1ccccc1C(=O)O)C(=O)N/N=C\c1ccccc1. The molecule has 0 atom stereocenters. The molecule has 2 aromatic carbocycles. The van der Waals surface area contributed by atoms with Crippen LogP contribution in [0.5, 0.6) is 0 Å². The predicted octanol–water partition coefficient (Wildman–Crippen LogP) is 2.95. The van der Waals surface area contributed by atoms with Gasteiger partial charge in [-0.25, -0.2) is 15.0 Å². The molecular weight excluding hydrogens is 392 g/mol. The first-order valence-electron chi connectivity index (χ1n) is 8.67. The maximum absolute atomic E-state index is 12.4. The van der Waals surface area contributed by atoms with Crippen LogP contribution in [0.25, 0.3) is 0 Å². The number of nitrogens with one attached hydrogen (secondary N) is 1. The molecule has 0 unspecified atom stereocenters. The number of aliphatic hydroxyl groups is 1. The van der Waals surface area contributed by atoms with Crippen LogP contribution in [0.3, 0.4) is 0 Å². The topological polar surface area (TPSA) is 150 Å². The second kappa shape index (κ2) is 10.9. The third-order valence-corrected chi connectivity index (χ3v) is 3.48. The molecule has 2 rings (SSSR count). The summed E-state index contributed by atoms with van der Waals surface area (Å²) >= 11 is 0. The van der Waals surface area contributed by atoms with Crippen LogP contribution in [-0.4, -0.2) is 40.9 Å². The van der Waals surface area contributed by atoms with E-state index in [0.717, 1.165) is 0 Å². The maximum atomic E-state index is 12.4. The van der Waals surface area contributed by atoms with Gasteiger partial charge in [-0.05, 0) is 24.6 Å². The predicted molar refractivity (Wildman–Crippen MR) is 106 cm³/mol. The standard InChI is InChI=1S/C20H18N4O6/c1-2-30-20(29)17(25)16(18(26)24-21-12-13-8-4-3-5-9-13)23-22-15-11-7-6-10-14(15)19(27)28/h3-12,25H,2H2,1H3,(H,24,26)(H,27,28)/b17-16+,21-12-,23-22?. The van der Waals surface area contributed by atoms with Gasteiger partial charge in [-0.15, -0.1) is 10.2 Å². The van der Waals surface area contributed by atoms with Gasteiger partial charge in [0.1, 0.15) is 5.69 Å². The molecule has 0 aliphatic carbocycles. The summed E-state index contributed by atoms with van der Waals surface area (Å²) in [5, 5.41) is 30.3. The molecule has 0 saturated carbocycles. The third-order valence-electron chi connectivity index (χ3n) is 3.48. The van der Waals surface area contributed by atoms with Crippen molar-refractivity contribution in [2.75, 3.05) is 6.61 Å². The van der Waals surface area contributed by atoms with Gasteiger partial charge in [0.2, 0.25) is 11.5 Å². The van der Waals surface area contributed by atoms with Crippen molar-refractivity contribution in [1.82, 2.24) is 5.43 Å². The molecule has 30 heavy (non-hydrogen) atoms. The van der Waals surface area contributed by atoms with E-state index >= 15 is 0 Å². The van der Waals surface area contributed by atoms with Crippen molar-refractivity contribution in [2.24, 2.45) is 15.3 Å². The first-order valence-corrected chi connectivity index (χ1v) is 8.67. The van der Waals surface area contributed by atoms with Gasteiger partial charge in [0.25, 0.3) is 5.91 Å². The minimum atomic E-state index is -1.26. The highest BCUT2D eigenvalue weighted by Crippen LogP contribution is 2.20. The molecule has 0 spiro atoms. The number of ether oxygens (including phenoxy) is 1. The Bertz CT molecular complexity index is 1010. The van der Waals surface area contributed by atoms with Gasteiger partial charge in [-0.1, -0.05) is 42.5 Å². The maximum Gasteiger partial charge on any atom is 0.376 e. The molecule has 0 bridgehead atoms. The van der Waals surface area contributed by atoms with E-state index in [9.17, 15) is 24.6 Å². The van der Waals surface area contributed by atoms with Gasteiger partial charge in [-0.2, -0.15) is 5.10 Å². The average molecular weight is 410 g/mol. The van der Waals surface area contributed by atoms with Crippen LogP contribution in [0, 0.1) is 0 Å². The van der Waals surface area contributed by atoms with E-state index in [4.69, 9.17) is 0 Å². The van der Waals surface area contributed by atoms with Crippen LogP contribution in [0.1, 0.15) is 22.8 Å². The Morgan fingerprint density at radius 2 is 1.70 bits per heavy atom. The number of hydrogen-bond donors (Lipinski definition) is 3. The largest absolute Gasteiger partial charge is 0.500 e. The van der Waals surface area contributed by atoms with Crippen molar-refractivity contribution in [3.8, 4) is 0 Å². The summed E-state index contributed by atoms with van der Waals surface area (Å²) in [5.74, 6) is -4.60. The number of hydrogen-bond acceptors (Lipinski definition) is 8. The normalized spacial score (nSPS) is 11.9. The zero-order chi connectivity index (χ0) is 21.9. The van der Waals surface area contributed by atoms with Crippen LogP contribution in [0.2, 0.25) is 0 Å². The smallest absolute Gasteiger partial charge is 0.376 e. The van der Waals surface area contributed by atoms with Gasteiger partial charge < -0.3 is 14.9 Å². The van der Waals surface area contributed by atoms with Crippen LogP contribution < -0.4 is 5.43 Å². The molecule has 2 aromatic rings. The molecule has 0 saturated heterocycles. The lowest BCUT2D eigenvalue weighted by Gasteiger charge is -2.05. The lowest BCUT2D eigenvalue weighted by molar-refractivity contribution is -0.142. The highest BCUT2D eigenvalue weighted by Gasteiger charge is 2.22. The third kappa shape index (κ3) is 6.09. The van der Waals surface area contributed by atoms with E-state index < -0.39 is 29.3 Å². The summed E-state index contributed by atoms with van der Waals surface area (Å²) in [4.78, 5) is 35.5. The number of esters is 1. The number of aromatic carboxylic acids is 1. The number of azo groups is 1. The van der Waals surface area contributed by atoms with Gasteiger partial charge in [0.05, 0.1) is 18.4 Å². The Kier molecular flexibility index (Phi) is 7.94. The molecule has 0 radical (unpaired) electrons. The van der Waals surface area contributed by atoms with Crippen molar-refractivity contribution in [1.29, 1.82) is 0 Å². The van der Waals surface area contributed by atoms with E-state index in [0.29, 0.717) is 5.56 Å². The number of rotatable bonds is 8. The molecule has 0 aliphatic rings. The Morgan fingerprint density at radius 3 is 2.37 bits per heavy atom. The first-order chi connectivity index (χ1) is 14.4. The van der Waals surface area contributed by atoms with E-state index in [1.807, 2.05) is 6.07 Å². The van der Waals surface area contributed by atoms with Gasteiger partial charge in [0, 0.05) is 0 Å². The summed E-state index contributed by atoms with van der Waals surface area (Å²) in [7, 11) is 0. The Hall–Kier alpha value is -4.34. The fourth-order valence-corrected chi connectivity index (χ4v) is 2.10. The van der Waals surface area contributed by atoms with E-state index in [-0.39, 0.29) is 17.9 Å². The number of amides is 1. The molecule has 10 nitrogen and oxygen atoms in total. The number of benzene rings is 2. The molecular formula is C20H18N4O6. The lowest BCUT2D eigenvalue weighted by atomic mass is 10.2. The van der Waals surface area contributed by atoms with Crippen LogP contribution >= 0.6 is 0 Å². The molecule has 0 aliphatic heterocycles. The second-order valence-corrected chi connectivity index (χ2v) is 5.55. The van der Waals surface area contributed by atoms with Gasteiger partial charge in [-0.3, -0.25) is 4.79 Å². The Balaban J connectivity index is 2.32. The zero-order valence-electron chi connectivity index (χ0n) is 15.8. The fraction of sp³-hybridized carbons (Fsp3) is 0.100. The lowest BCUT2D eigenvalue weighted by Crippen LogP contribution is -2.22. The molecule has 154 valence electrons. The van der Waals surface area contributed by atoms with Crippen molar-refractivity contribution in [3.63, 3.8) is 0 Å². The number of hydrazone groups is 1. The van der Waals surface area contributed by atoms with Crippen LogP contribution in [0.4, 0.5) is 5.69 Å². The van der Waals surface area contributed by atoms with E-state index in [2.05, 4.69) is 25.5 Å². The minimum Gasteiger partial charge on any atom is -0.500 e. The Morgan fingerprint density at radius 1 is 1.03 bits per heavy atom. The second-order valence-electron chi connectivity index (χ2n) is 5.55. The summed E-state index contributed by atoms with van der Waals surface area (Å²) in [6.45, 7) is 1.46. The fourth-order valence-electron chi connectivity index (χ4n) is 2.10. The highest BCUT2D eigenvalue weighted by molar-refractivity contribution is 6.01. The van der Waals surface area contributed by atoms with Crippen molar-refractivity contribution in [2.45, 2.75) is 6.92 Å². The Labute approximate surface area is 171 Å². The summed E-state index contributed by atoms with van der Waals surface area (Å²) in [5.41, 5.74) is 1.75. The van der Waals surface area contributed by atoms with Crippen molar-refractivity contribution in [3.05, 3.63) is 77.2 Å². The van der Waals surface area contributed by atoms with Crippen LogP contribution in [-0.2, 0) is 14.3 Å². The van der Waals surface area contributed by atoms with Gasteiger partial charge >= 0.3 is 11.9 Å². The van der Waals surface area contributed by atoms with Gasteiger partial charge in [0.15, 0.2) is 0 Å². The quantitative estimate of drug-likeness (QED) is 0.152. The van der Waals surface area contributed by atoms with Crippen molar-refractivity contribution >= 4 is 29.7 Å². The number of carboxylic acids is 1. The molecule has 10 heteroatoms. The zero-order valence-corrected chi connectivity index (χ0v) is 15.8. The minimum absolute atomic E-state index is 0.0526. The molecule has 3 N–H and O–H groups in total. The number of aliphatic hydroxyl groups excluding tert-OH is 1. The molecule has 0 aromatic heterocycles. The van der Waals surface area contributed by atoms with Crippen LogP contribution in [0.15, 0.2) is 81.4 Å². The number of carbonyl (C=O) groups excluding carboxylic acids is 2. The number of nitrogens with zero attached hydrogens (tertiary/aromatic N) is 3. The summed E-state index contributed by atoms with van der Waals surface area (Å²) < 4.78 is 4.66. The molecule has 0 heterocycles. The number of carboxylic acid groups (broad SMARTS) is 1. The average Bonchev–Trinajstić information content (AvgIpc) is 2.74. The van der Waals surface area contributed by atoms with E-state index in [1.165, 1.54) is 37.4 Å². The molecule has 1 amide bonds. The van der Waals surface area contributed by atoms with E-state index in [1.54, 1.807) is 24.3 Å². The highest BCUT2D eigenvalue weighted by atomic mass is 16.5. The molecule has 0 fully saturated rings. The first kappa shape index (κ1) is 22.0. The summed E-state index contributed by atoms with van der Waals surface area (Å²) in [6.07, 6.45) is 1.34. The number of carbonyl (C=O) groups is 3. The van der Waals surface area contributed by atoms with Crippen molar-refractivity contribution < 1.29 is 29.3 Å². The monoisotopic (exact) mass is 410 g/mol. The summed E-state index contributed by atoms with van der Waals surface area (Å²) in [6, 6.07) is 14.5.